The number of hydrogen-bond acceptors (Lipinski definition) is 3. The van der Waals surface area contributed by atoms with Gasteiger partial charge in [-0.05, 0) is 24.1 Å². The molecule has 0 spiro atoms. The van der Waals surface area contributed by atoms with Gasteiger partial charge in [0.1, 0.15) is 0 Å². The number of benzene rings is 1. The van der Waals surface area contributed by atoms with Gasteiger partial charge in [0, 0.05) is 12.7 Å². The largest absolute Gasteiger partial charge is 0.310 e. The van der Waals surface area contributed by atoms with Crippen LogP contribution in [-0.4, -0.2) is 20.4 Å². The van der Waals surface area contributed by atoms with Crippen LogP contribution in [0.15, 0.2) is 42.7 Å². The first-order valence-electron chi connectivity index (χ1n) is 7.42. The first kappa shape index (κ1) is 15.1. The number of carbonyl (C=O) groups excluding carboxylic acids is 1. The number of aromatic nitrogens is 3. The zero-order valence-electron chi connectivity index (χ0n) is 13.0. The molecule has 6 heteroatoms. The zero-order chi connectivity index (χ0) is 16.4. The summed E-state index contributed by atoms with van der Waals surface area (Å²) in [6.07, 6.45) is 2.40. The van der Waals surface area contributed by atoms with Crippen LogP contribution in [0.3, 0.4) is 0 Å². The Kier molecular flexibility index (Phi) is 4.06. The van der Waals surface area contributed by atoms with E-state index in [4.69, 9.17) is 0 Å². The lowest BCUT2D eigenvalue weighted by Crippen LogP contribution is -2.18. The minimum atomic E-state index is -0.656. The number of nitrogens with one attached hydrogen (secondary N) is 1. The van der Waals surface area contributed by atoms with Gasteiger partial charge in [-0.15, -0.1) is 0 Å². The van der Waals surface area contributed by atoms with Crippen LogP contribution in [0.1, 0.15) is 24.2 Å². The Bertz CT molecular complexity index is 857. The Morgan fingerprint density at radius 1 is 1.30 bits per heavy atom. The first-order chi connectivity index (χ1) is 11.1. The Labute approximate surface area is 133 Å². The van der Waals surface area contributed by atoms with E-state index in [-0.39, 0.29) is 5.56 Å². The normalized spacial score (nSPS) is 11.1. The topological polar surface area (TPSA) is 59.8 Å². The van der Waals surface area contributed by atoms with Crippen molar-refractivity contribution in [2.24, 2.45) is 5.92 Å². The summed E-state index contributed by atoms with van der Waals surface area (Å²) in [6, 6.07) is 9.00. The van der Waals surface area contributed by atoms with Gasteiger partial charge in [-0.25, -0.2) is 9.37 Å². The van der Waals surface area contributed by atoms with E-state index in [0.717, 1.165) is 17.2 Å². The second kappa shape index (κ2) is 6.16. The molecule has 2 aromatic heterocycles. The fourth-order valence-corrected chi connectivity index (χ4v) is 2.45. The van der Waals surface area contributed by atoms with Gasteiger partial charge < -0.3 is 4.57 Å². The maximum absolute atomic E-state index is 13.7. The summed E-state index contributed by atoms with van der Waals surface area (Å²) in [5, 5.41) is 2.71. The van der Waals surface area contributed by atoms with E-state index < -0.39 is 11.7 Å². The fourth-order valence-electron chi connectivity index (χ4n) is 2.45. The molecule has 2 heterocycles. The van der Waals surface area contributed by atoms with Crippen molar-refractivity contribution < 1.29 is 9.18 Å². The summed E-state index contributed by atoms with van der Waals surface area (Å²) in [7, 11) is 0. The van der Waals surface area contributed by atoms with Crippen LogP contribution in [0.25, 0.3) is 11.0 Å². The number of halogens is 1. The van der Waals surface area contributed by atoms with Crippen molar-refractivity contribution in [3.63, 3.8) is 0 Å². The molecule has 0 fully saturated rings. The number of carbonyl (C=O) groups is 1. The Morgan fingerprint density at radius 3 is 2.83 bits per heavy atom. The highest BCUT2D eigenvalue weighted by molar-refractivity contribution is 6.04. The van der Waals surface area contributed by atoms with Gasteiger partial charge in [0.05, 0.1) is 22.8 Å². The van der Waals surface area contributed by atoms with E-state index in [9.17, 15) is 9.18 Å². The number of amides is 1. The Balaban J connectivity index is 1.99. The molecule has 23 heavy (non-hydrogen) atoms. The molecule has 0 atom stereocenters. The highest BCUT2D eigenvalue weighted by Gasteiger charge is 2.17. The quantitative estimate of drug-likeness (QED) is 0.802. The van der Waals surface area contributed by atoms with Crippen LogP contribution in [0.4, 0.5) is 10.3 Å². The SMILES string of the molecule is CC(C)Cn1c(NC(=O)c2ccncc2F)nc2ccccc21. The number of nitrogens with zero attached hydrogens (tertiary/aromatic N) is 3. The molecule has 0 saturated carbocycles. The van der Waals surface area contributed by atoms with E-state index in [1.54, 1.807) is 0 Å². The summed E-state index contributed by atoms with van der Waals surface area (Å²) in [5.41, 5.74) is 1.67. The summed E-state index contributed by atoms with van der Waals surface area (Å²) < 4.78 is 15.6. The van der Waals surface area contributed by atoms with Crippen LogP contribution in [0.5, 0.6) is 0 Å². The summed E-state index contributed by atoms with van der Waals surface area (Å²) in [4.78, 5) is 20.4. The molecule has 0 radical (unpaired) electrons. The third-order valence-electron chi connectivity index (χ3n) is 3.44. The van der Waals surface area contributed by atoms with E-state index in [1.807, 2.05) is 28.8 Å². The number of fused-ring (bicyclic) bond motifs is 1. The predicted molar refractivity (Wildman–Crippen MR) is 86.7 cm³/mol. The molecule has 0 aliphatic rings. The average Bonchev–Trinajstić information content (AvgIpc) is 2.85. The number of anilines is 1. The first-order valence-corrected chi connectivity index (χ1v) is 7.42. The van der Waals surface area contributed by atoms with E-state index in [1.165, 1.54) is 12.3 Å². The molecule has 1 amide bonds. The average molecular weight is 312 g/mol. The van der Waals surface area contributed by atoms with E-state index >= 15 is 0 Å². The van der Waals surface area contributed by atoms with Crippen molar-refractivity contribution in [2.45, 2.75) is 20.4 Å². The van der Waals surface area contributed by atoms with Crippen LogP contribution < -0.4 is 5.32 Å². The number of imidazole rings is 1. The Morgan fingerprint density at radius 2 is 2.09 bits per heavy atom. The molecule has 0 unspecified atom stereocenters. The van der Waals surface area contributed by atoms with Gasteiger partial charge in [0.2, 0.25) is 5.95 Å². The van der Waals surface area contributed by atoms with Gasteiger partial charge in [0.25, 0.3) is 5.91 Å². The van der Waals surface area contributed by atoms with Crippen LogP contribution in [0.2, 0.25) is 0 Å². The summed E-state index contributed by atoms with van der Waals surface area (Å²) >= 11 is 0. The minimum Gasteiger partial charge on any atom is -0.310 e. The van der Waals surface area contributed by atoms with Crippen molar-refractivity contribution in [2.75, 3.05) is 5.32 Å². The van der Waals surface area contributed by atoms with Crippen molar-refractivity contribution >= 4 is 22.9 Å². The van der Waals surface area contributed by atoms with E-state index in [2.05, 4.69) is 29.1 Å². The highest BCUT2D eigenvalue weighted by atomic mass is 19.1. The lowest BCUT2D eigenvalue weighted by Gasteiger charge is -2.12. The fraction of sp³-hybridized carbons (Fsp3) is 0.235. The minimum absolute atomic E-state index is 0.0526. The van der Waals surface area contributed by atoms with Crippen molar-refractivity contribution in [3.8, 4) is 0 Å². The number of para-hydroxylation sites is 2. The molecule has 1 N–H and O–H groups in total. The summed E-state index contributed by atoms with van der Waals surface area (Å²) in [6.45, 7) is 4.88. The molecule has 3 rings (SSSR count). The van der Waals surface area contributed by atoms with Crippen molar-refractivity contribution in [3.05, 3.63) is 54.1 Å². The van der Waals surface area contributed by atoms with E-state index in [0.29, 0.717) is 18.4 Å². The van der Waals surface area contributed by atoms with Crippen LogP contribution in [0, 0.1) is 11.7 Å². The molecule has 0 saturated heterocycles. The van der Waals surface area contributed by atoms with Gasteiger partial charge in [-0.1, -0.05) is 26.0 Å². The molecule has 5 nitrogen and oxygen atoms in total. The second-order valence-corrected chi connectivity index (χ2v) is 5.74. The molecular weight excluding hydrogens is 295 g/mol. The van der Waals surface area contributed by atoms with Crippen LogP contribution in [-0.2, 0) is 6.54 Å². The second-order valence-electron chi connectivity index (χ2n) is 5.74. The third kappa shape index (κ3) is 3.06. The van der Waals surface area contributed by atoms with Crippen molar-refractivity contribution in [1.29, 1.82) is 0 Å². The standard InChI is InChI=1S/C17H17FN4O/c1-11(2)10-22-15-6-4-3-5-14(15)20-17(22)21-16(23)12-7-8-19-9-13(12)18/h3-9,11H,10H2,1-2H3,(H,20,21,23). The lowest BCUT2D eigenvalue weighted by molar-refractivity contribution is 0.102. The van der Waals surface area contributed by atoms with Gasteiger partial charge in [0.15, 0.2) is 5.82 Å². The molecule has 0 bridgehead atoms. The van der Waals surface area contributed by atoms with Gasteiger partial charge >= 0.3 is 0 Å². The highest BCUT2D eigenvalue weighted by Crippen LogP contribution is 2.21. The lowest BCUT2D eigenvalue weighted by atomic mass is 10.2. The predicted octanol–water partition coefficient (Wildman–Crippen LogP) is 3.48. The molecule has 0 aliphatic carbocycles. The monoisotopic (exact) mass is 312 g/mol. The molecular formula is C17H17FN4O. The molecule has 3 aromatic rings. The van der Waals surface area contributed by atoms with Gasteiger partial charge in [-0.2, -0.15) is 0 Å². The summed E-state index contributed by atoms with van der Waals surface area (Å²) in [5.74, 6) is -0.399. The zero-order valence-corrected chi connectivity index (χ0v) is 13.0. The maximum atomic E-state index is 13.7. The third-order valence-corrected chi connectivity index (χ3v) is 3.44. The Hall–Kier alpha value is -2.76. The number of hydrogen-bond donors (Lipinski definition) is 1. The molecule has 0 aliphatic heterocycles. The molecule has 118 valence electrons. The smallest absolute Gasteiger partial charge is 0.261 e. The van der Waals surface area contributed by atoms with Crippen LogP contribution >= 0.6 is 0 Å². The maximum Gasteiger partial charge on any atom is 0.261 e. The van der Waals surface area contributed by atoms with Gasteiger partial charge in [-0.3, -0.25) is 15.1 Å². The van der Waals surface area contributed by atoms with Crippen molar-refractivity contribution in [1.82, 2.24) is 14.5 Å². The number of rotatable bonds is 4. The number of pyridine rings is 1. The molecule has 1 aromatic carbocycles.